The van der Waals surface area contributed by atoms with Crippen molar-refractivity contribution in [2.75, 3.05) is 33.9 Å². The van der Waals surface area contributed by atoms with E-state index >= 15 is 0 Å². The molecule has 7 heteroatoms. The van der Waals surface area contributed by atoms with Crippen LogP contribution in [0.5, 0.6) is 17.2 Å². The van der Waals surface area contributed by atoms with E-state index in [4.69, 9.17) is 18.9 Å². The first-order chi connectivity index (χ1) is 12.9. The van der Waals surface area contributed by atoms with Crippen LogP contribution in [-0.2, 0) is 4.74 Å². The van der Waals surface area contributed by atoms with Gasteiger partial charge in [0.15, 0.2) is 17.3 Å². The number of ether oxygens (including phenoxy) is 4. The number of fused-ring (bicyclic) bond motifs is 1. The van der Waals surface area contributed by atoms with Gasteiger partial charge in [0.1, 0.15) is 5.60 Å². The molecule has 7 nitrogen and oxygen atoms in total. The van der Waals surface area contributed by atoms with E-state index in [1.165, 1.54) is 7.11 Å². The molecule has 148 valence electrons. The average molecular weight is 377 g/mol. The molecule has 0 saturated carbocycles. The van der Waals surface area contributed by atoms with Crippen molar-refractivity contribution in [3.05, 3.63) is 17.7 Å². The van der Waals surface area contributed by atoms with Crippen LogP contribution < -0.4 is 14.2 Å². The van der Waals surface area contributed by atoms with Crippen LogP contribution in [0.1, 0.15) is 43.5 Å². The van der Waals surface area contributed by atoms with E-state index in [1.807, 2.05) is 13.8 Å². The number of likely N-dealkylation sites (tertiary alicyclic amines) is 1. The Kier molecular flexibility index (Phi) is 5.48. The van der Waals surface area contributed by atoms with Gasteiger partial charge < -0.3 is 23.8 Å². The number of Topliss-reactive ketones (excluding diaryl/α,β-unsaturated/α-hetero) is 1. The zero-order chi connectivity index (χ0) is 19.6. The molecule has 0 aliphatic carbocycles. The summed E-state index contributed by atoms with van der Waals surface area (Å²) in [4.78, 5) is 26.6. The maximum absolute atomic E-state index is 12.7. The molecular formula is C20H27NO6. The molecule has 2 aliphatic heterocycles. The van der Waals surface area contributed by atoms with E-state index < -0.39 is 5.60 Å². The Labute approximate surface area is 159 Å². The highest BCUT2D eigenvalue weighted by molar-refractivity contribution is 6.01. The van der Waals surface area contributed by atoms with Crippen LogP contribution in [-0.4, -0.2) is 56.3 Å². The summed E-state index contributed by atoms with van der Waals surface area (Å²) >= 11 is 0. The number of carbonyl (C=O) groups excluding carboxylic acids is 2. The summed E-state index contributed by atoms with van der Waals surface area (Å²) in [6, 6.07) is 3.43. The fourth-order valence-corrected chi connectivity index (χ4v) is 3.56. The van der Waals surface area contributed by atoms with E-state index in [1.54, 1.807) is 24.1 Å². The maximum atomic E-state index is 12.7. The molecule has 0 aromatic heterocycles. The molecule has 2 heterocycles. The number of rotatable bonds is 4. The van der Waals surface area contributed by atoms with E-state index in [2.05, 4.69) is 0 Å². The number of ketones is 1. The van der Waals surface area contributed by atoms with Gasteiger partial charge in [-0.2, -0.15) is 0 Å². The second-order valence-electron chi connectivity index (χ2n) is 7.52. The Hall–Kier alpha value is -2.44. The zero-order valence-corrected chi connectivity index (χ0v) is 16.4. The first-order valence-electron chi connectivity index (χ1n) is 9.28. The van der Waals surface area contributed by atoms with Gasteiger partial charge in [0.05, 0.1) is 32.8 Å². The molecule has 1 aromatic carbocycles. The van der Waals surface area contributed by atoms with Crippen molar-refractivity contribution in [2.24, 2.45) is 5.92 Å². The number of nitrogens with zero attached hydrogens (tertiary/aromatic N) is 1. The Bertz CT molecular complexity index is 721. The van der Waals surface area contributed by atoms with Gasteiger partial charge in [-0.3, -0.25) is 4.79 Å². The van der Waals surface area contributed by atoms with Gasteiger partial charge in [0.25, 0.3) is 0 Å². The number of amides is 1. The molecule has 1 aromatic rings. The van der Waals surface area contributed by atoms with Gasteiger partial charge >= 0.3 is 6.09 Å². The van der Waals surface area contributed by atoms with Crippen molar-refractivity contribution >= 4 is 11.9 Å². The Morgan fingerprint density at radius 1 is 1.22 bits per heavy atom. The molecule has 1 saturated heterocycles. The lowest BCUT2D eigenvalue weighted by atomic mass is 9.82. The first-order valence-corrected chi connectivity index (χ1v) is 9.28. The number of hydrogen-bond donors (Lipinski definition) is 0. The Morgan fingerprint density at radius 2 is 1.93 bits per heavy atom. The number of methoxy groups -OCH3 is 2. The highest BCUT2D eigenvalue weighted by Crippen LogP contribution is 2.47. The van der Waals surface area contributed by atoms with E-state index in [9.17, 15) is 9.59 Å². The van der Waals surface area contributed by atoms with Gasteiger partial charge in [-0.05, 0) is 18.1 Å². The third-order valence-corrected chi connectivity index (χ3v) is 5.07. The minimum absolute atomic E-state index is 0.0213. The number of hydrogen-bond acceptors (Lipinski definition) is 6. The molecular weight excluding hydrogens is 350 g/mol. The lowest BCUT2D eigenvalue weighted by Crippen LogP contribution is -2.52. The second-order valence-corrected chi connectivity index (χ2v) is 7.52. The van der Waals surface area contributed by atoms with Crippen molar-refractivity contribution in [2.45, 2.75) is 38.7 Å². The molecule has 1 amide bonds. The summed E-state index contributed by atoms with van der Waals surface area (Å²) in [6.07, 6.45) is 1.12. The highest BCUT2D eigenvalue weighted by Gasteiger charge is 2.45. The maximum Gasteiger partial charge on any atom is 0.409 e. The largest absolute Gasteiger partial charge is 0.493 e. The van der Waals surface area contributed by atoms with Crippen LogP contribution in [0.4, 0.5) is 4.79 Å². The standard InChI is InChI=1S/C20H27NO6/c1-13(2)12-26-19(23)21-9-7-20(8-10-21)11-15(22)14-5-6-16(24-3)18(25-4)17(14)27-20/h5-6,13H,7-12H2,1-4H3. The van der Waals surface area contributed by atoms with Crippen LogP contribution in [0.25, 0.3) is 0 Å². The number of piperidine rings is 1. The van der Waals surface area contributed by atoms with E-state index in [0.29, 0.717) is 67.7 Å². The Balaban J connectivity index is 1.75. The van der Waals surface area contributed by atoms with E-state index in [-0.39, 0.29) is 11.9 Å². The van der Waals surface area contributed by atoms with Crippen molar-refractivity contribution in [1.82, 2.24) is 4.90 Å². The monoisotopic (exact) mass is 377 g/mol. The van der Waals surface area contributed by atoms with Gasteiger partial charge in [0, 0.05) is 25.9 Å². The molecule has 0 radical (unpaired) electrons. The normalized spacial score (nSPS) is 18.1. The first kappa shape index (κ1) is 19.3. The SMILES string of the molecule is COc1ccc2c(c1OC)OC1(CCN(C(=O)OCC(C)C)CC1)CC2=O. The Morgan fingerprint density at radius 3 is 2.52 bits per heavy atom. The third-order valence-electron chi connectivity index (χ3n) is 5.07. The molecule has 0 unspecified atom stereocenters. The summed E-state index contributed by atoms with van der Waals surface area (Å²) < 4.78 is 22.4. The molecule has 1 spiro atoms. The third kappa shape index (κ3) is 3.82. The van der Waals surface area contributed by atoms with Gasteiger partial charge in [-0.15, -0.1) is 0 Å². The fourth-order valence-electron chi connectivity index (χ4n) is 3.56. The number of carbonyl (C=O) groups is 2. The average Bonchev–Trinajstić information content (AvgIpc) is 2.65. The highest BCUT2D eigenvalue weighted by atomic mass is 16.6. The molecule has 27 heavy (non-hydrogen) atoms. The quantitative estimate of drug-likeness (QED) is 0.802. The predicted molar refractivity (Wildman–Crippen MR) is 98.8 cm³/mol. The lowest BCUT2D eigenvalue weighted by Gasteiger charge is -2.43. The zero-order valence-electron chi connectivity index (χ0n) is 16.4. The molecule has 3 rings (SSSR count). The fraction of sp³-hybridized carbons (Fsp3) is 0.600. The predicted octanol–water partition coefficient (Wildman–Crippen LogP) is 3.30. The summed E-state index contributed by atoms with van der Waals surface area (Å²) in [6.45, 7) is 5.38. The molecule has 0 N–H and O–H groups in total. The van der Waals surface area contributed by atoms with Crippen molar-refractivity contribution < 1.29 is 28.5 Å². The summed E-state index contributed by atoms with van der Waals surface area (Å²) in [7, 11) is 3.08. The minimum atomic E-state index is -0.626. The van der Waals surface area contributed by atoms with E-state index in [0.717, 1.165) is 0 Å². The van der Waals surface area contributed by atoms with Crippen LogP contribution in [0.2, 0.25) is 0 Å². The molecule has 0 atom stereocenters. The smallest absolute Gasteiger partial charge is 0.409 e. The summed E-state index contributed by atoms with van der Waals surface area (Å²) in [5.74, 6) is 1.71. The van der Waals surface area contributed by atoms with Crippen LogP contribution in [0, 0.1) is 5.92 Å². The van der Waals surface area contributed by atoms with Crippen molar-refractivity contribution in [3.63, 3.8) is 0 Å². The molecule has 1 fully saturated rings. The summed E-state index contributed by atoms with van der Waals surface area (Å²) in [5.41, 5.74) is -0.115. The van der Waals surface area contributed by atoms with Crippen LogP contribution in [0.15, 0.2) is 12.1 Å². The second kappa shape index (κ2) is 7.66. The van der Waals surface area contributed by atoms with Crippen LogP contribution >= 0.6 is 0 Å². The van der Waals surface area contributed by atoms with Gasteiger partial charge in [-0.25, -0.2) is 4.79 Å². The van der Waals surface area contributed by atoms with Gasteiger partial charge in [0.2, 0.25) is 5.75 Å². The summed E-state index contributed by atoms with van der Waals surface area (Å²) in [5, 5.41) is 0. The minimum Gasteiger partial charge on any atom is -0.493 e. The molecule has 0 bridgehead atoms. The topological polar surface area (TPSA) is 74.3 Å². The lowest BCUT2D eigenvalue weighted by molar-refractivity contribution is -0.0117. The number of benzene rings is 1. The van der Waals surface area contributed by atoms with Gasteiger partial charge in [-0.1, -0.05) is 13.8 Å². The van der Waals surface area contributed by atoms with Crippen LogP contribution in [0.3, 0.4) is 0 Å². The molecule has 2 aliphatic rings. The van der Waals surface area contributed by atoms with Crippen molar-refractivity contribution in [3.8, 4) is 17.2 Å². The van der Waals surface area contributed by atoms with Crippen molar-refractivity contribution in [1.29, 1.82) is 0 Å².